The quantitative estimate of drug-likeness (QED) is 0.437. The van der Waals surface area contributed by atoms with Crippen LogP contribution in [0.25, 0.3) is 10.6 Å². The first kappa shape index (κ1) is 15.9. The van der Waals surface area contributed by atoms with E-state index in [1.54, 1.807) is 35.6 Å². The van der Waals surface area contributed by atoms with Gasteiger partial charge in [0.1, 0.15) is 11.3 Å². The lowest BCUT2D eigenvalue weighted by molar-refractivity contribution is 0.112. The molecule has 0 bridgehead atoms. The third-order valence-electron chi connectivity index (χ3n) is 2.83. The molecule has 2 aromatic carbocycles. The van der Waals surface area contributed by atoms with Crippen LogP contribution in [0.1, 0.15) is 16.1 Å². The Balaban J connectivity index is 0.000000164. The number of benzene rings is 2. The maximum absolute atomic E-state index is 10.2. The van der Waals surface area contributed by atoms with Crippen molar-refractivity contribution in [2.45, 2.75) is 6.92 Å². The molecular formula is C17H17N3OS. The summed E-state index contributed by atoms with van der Waals surface area (Å²) in [6.07, 6.45) is 0.779. The Labute approximate surface area is 133 Å². The number of thiazole rings is 1. The van der Waals surface area contributed by atoms with Crippen LogP contribution in [0, 0.1) is 6.92 Å². The molecule has 5 heteroatoms. The highest BCUT2D eigenvalue weighted by Gasteiger charge is 1.99. The van der Waals surface area contributed by atoms with Crippen molar-refractivity contribution in [2.24, 2.45) is 5.84 Å². The van der Waals surface area contributed by atoms with E-state index in [4.69, 9.17) is 5.84 Å². The van der Waals surface area contributed by atoms with Gasteiger partial charge in [0.15, 0.2) is 0 Å². The molecule has 1 aromatic heterocycles. The second-order valence-electron chi connectivity index (χ2n) is 4.55. The van der Waals surface area contributed by atoms with E-state index in [9.17, 15) is 4.79 Å². The van der Waals surface area contributed by atoms with E-state index >= 15 is 0 Å². The molecule has 0 radical (unpaired) electrons. The average Bonchev–Trinajstić information content (AvgIpc) is 3.03. The Kier molecular flexibility index (Phi) is 5.82. The van der Waals surface area contributed by atoms with Crippen LogP contribution in [-0.4, -0.2) is 11.3 Å². The van der Waals surface area contributed by atoms with Gasteiger partial charge < -0.3 is 5.43 Å². The van der Waals surface area contributed by atoms with Crippen molar-refractivity contribution in [2.75, 3.05) is 5.43 Å². The van der Waals surface area contributed by atoms with Crippen LogP contribution >= 0.6 is 11.3 Å². The summed E-state index contributed by atoms with van der Waals surface area (Å²) in [4.78, 5) is 14.6. The SMILES string of the molecule is Cc1csc(-c2ccccc2)n1.NNc1cccc(C=O)c1. The van der Waals surface area contributed by atoms with Crippen molar-refractivity contribution in [3.05, 3.63) is 71.2 Å². The van der Waals surface area contributed by atoms with Gasteiger partial charge in [0.25, 0.3) is 0 Å². The third-order valence-corrected chi connectivity index (χ3v) is 3.84. The van der Waals surface area contributed by atoms with Crippen molar-refractivity contribution in [3.63, 3.8) is 0 Å². The van der Waals surface area contributed by atoms with Gasteiger partial charge in [0, 0.05) is 27.9 Å². The molecule has 22 heavy (non-hydrogen) atoms. The molecule has 0 fully saturated rings. The highest BCUT2D eigenvalue weighted by molar-refractivity contribution is 7.13. The number of carbonyl (C=O) groups is 1. The number of carbonyl (C=O) groups excluding carboxylic acids is 1. The standard InChI is InChI=1S/C10H9NS.C7H8N2O/c1-8-7-12-10(11-8)9-5-3-2-4-6-9;8-9-7-3-1-2-6(4-7)5-10/h2-7H,1H3;1-5,9H,8H2. The number of nitrogens with two attached hydrogens (primary N) is 1. The molecule has 3 aromatic rings. The number of nitrogens with zero attached hydrogens (tertiary/aromatic N) is 1. The minimum atomic E-state index is 0.621. The molecule has 0 spiro atoms. The molecule has 0 unspecified atom stereocenters. The smallest absolute Gasteiger partial charge is 0.150 e. The van der Waals surface area contributed by atoms with E-state index in [-0.39, 0.29) is 0 Å². The van der Waals surface area contributed by atoms with Crippen LogP contribution in [0.2, 0.25) is 0 Å². The first-order valence-corrected chi connectivity index (χ1v) is 7.60. The molecule has 0 aliphatic carbocycles. The minimum absolute atomic E-state index is 0.621. The zero-order chi connectivity index (χ0) is 15.8. The van der Waals surface area contributed by atoms with E-state index in [0.717, 1.165) is 22.7 Å². The van der Waals surface area contributed by atoms with Crippen LogP contribution in [0.15, 0.2) is 60.0 Å². The Morgan fingerprint density at radius 3 is 2.50 bits per heavy atom. The fraction of sp³-hybridized carbons (Fsp3) is 0.0588. The number of anilines is 1. The number of rotatable bonds is 3. The molecule has 3 N–H and O–H groups in total. The number of aldehydes is 1. The van der Waals surface area contributed by atoms with Gasteiger partial charge in [-0.1, -0.05) is 42.5 Å². The van der Waals surface area contributed by atoms with Crippen LogP contribution in [-0.2, 0) is 0 Å². The highest BCUT2D eigenvalue weighted by atomic mass is 32.1. The van der Waals surface area contributed by atoms with Gasteiger partial charge in [-0.2, -0.15) is 0 Å². The summed E-state index contributed by atoms with van der Waals surface area (Å²) >= 11 is 1.69. The Morgan fingerprint density at radius 1 is 1.14 bits per heavy atom. The lowest BCUT2D eigenvalue weighted by atomic mass is 10.2. The monoisotopic (exact) mass is 311 g/mol. The molecule has 0 saturated heterocycles. The summed E-state index contributed by atoms with van der Waals surface area (Å²) in [6, 6.07) is 17.2. The number of nitrogens with one attached hydrogen (secondary N) is 1. The van der Waals surface area contributed by atoms with Crippen LogP contribution in [0.4, 0.5) is 5.69 Å². The number of nitrogen functional groups attached to an aromatic ring is 1. The molecule has 0 aliphatic rings. The summed E-state index contributed by atoms with van der Waals surface area (Å²) in [5, 5.41) is 3.18. The molecule has 3 rings (SSSR count). The summed E-state index contributed by atoms with van der Waals surface area (Å²) in [7, 11) is 0. The van der Waals surface area contributed by atoms with Crippen LogP contribution in [0.3, 0.4) is 0 Å². The lowest BCUT2D eigenvalue weighted by Gasteiger charge is -1.97. The van der Waals surface area contributed by atoms with E-state index in [1.807, 2.05) is 25.1 Å². The Morgan fingerprint density at radius 2 is 1.91 bits per heavy atom. The van der Waals surface area contributed by atoms with Crippen LogP contribution in [0.5, 0.6) is 0 Å². The lowest BCUT2D eigenvalue weighted by Crippen LogP contribution is -2.06. The zero-order valence-corrected chi connectivity index (χ0v) is 13.0. The molecular weight excluding hydrogens is 294 g/mol. The highest BCUT2D eigenvalue weighted by Crippen LogP contribution is 2.22. The van der Waals surface area contributed by atoms with E-state index < -0.39 is 0 Å². The topological polar surface area (TPSA) is 68.0 Å². The van der Waals surface area contributed by atoms with Crippen molar-refractivity contribution in [1.29, 1.82) is 0 Å². The minimum Gasteiger partial charge on any atom is -0.324 e. The zero-order valence-electron chi connectivity index (χ0n) is 12.2. The van der Waals surface area contributed by atoms with Crippen molar-refractivity contribution in [1.82, 2.24) is 4.98 Å². The van der Waals surface area contributed by atoms with Gasteiger partial charge in [0.05, 0.1) is 0 Å². The van der Waals surface area contributed by atoms with E-state index in [1.165, 1.54) is 5.56 Å². The predicted octanol–water partition coefficient (Wildman–Crippen LogP) is 3.90. The van der Waals surface area contributed by atoms with Gasteiger partial charge in [-0.3, -0.25) is 10.6 Å². The predicted molar refractivity (Wildman–Crippen MR) is 91.9 cm³/mol. The second kappa shape index (κ2) is 8.07. The Hall–Kier alpha value is -2.50. The number of hydrogen-bond acceptors (Lipinski definition) is 5. The number of aryl methyl sites for hydroxylation is 1. The largest absolute Gasteiger partial charge is 0.324 e. The molecule has 1 heterocycles. The van der Waals surface area contributed by atoms with Gasteiger partial charge in [-0.25, -0.2) is 4.98 Å². The number of hydrogen-bond donors (Lipinski definition) is 2. The maximum atomic E-state index is 10.2. The first-order valence-electron chi connectivity index (χ1n) is 6.72. The van der Waals surface area contributed by atoms with Gasteiger partial charge in [0.2, 0.25) is 0 Å². The molecule has 0 amide bonds. The molecule has 4 nitrogen and oxygen atoms in total. The molecule has 112 valence electrons. The van der Waals surface area contributed by atoms with E-state index in [0.29, 0.717) is 5.56 Å². The maximum Gasteiger partial charge on any atom is 0.150 e. The first-order chi connectivity index (χ1) is 10.7. The summed E-state index contributed by atoms with van der Waals surface area (Å²) in [5.41, 5.74) is 6.10. The average molecular weight is 311 g/mol. The van der Waals surface area contributed by atoms with Crippen LogP contribution < -0.4 is 11.3 Å². The second-order valence-corrected chi connectivity index (χ2v) is 5.41. The Bertz CT molecular complexity index is 726. The third kappa shape index (κ3) is 4.51. The fourth-order valence-corrected chi connectivity index (χ4v) is 2.57. The van der Waals surface area contributed by atoms with Crippen molar-refractivity contribution < 1.29 is 4.79 Å². The van der Waals surface area contributed by atoms with Crippen molar-refractivity contribution in [3.8, 4) is 10.6 Å². The van der Waals surface area contributed by atoms with Gasteiger partial charge in [-0.05, 0) is 19.1 Å². The molecule has 0 aliphatic heterocycles. The van der Waals surface area contributed by atoms with Crippen molar-refractivity contribution >= 4 is 23.3 Å². The van der Waals surface area contributed by atoms with Gasteiger partial charge in [-0.15, -0.1) is 11.3 Å². The molecule has 0 saturated carbocycles. The summed E-state index contributed by atoms with van der Waals surface area (Å²) in [5.74, 6) is 5.11. The number of aromatic nitrogens is 1. The fourth-order valence-electron chi connectivity index (χ4n) is 1.77. The summed E-state index contributed by atoms with van der Waals surface area (Å²) < 4.78 is 0. The van der Waals surface area contributed by atoms with E-state index in [2.05, 4.69) is 27.9 Å². The summed E-state index contributed by atoms with van der Waals surface area (Å²) in [6.45, 7) is 2.02. The van der Waals surface area contributed by atoms with Gasteiger partial charge >= 0.3 is 0 Å². The normalized spacial score (nSPS) is 9.55. The number of hydrazine groups is 1. The molecule has 0 atom stereocenters.